The number of nitrogens with zero attached hydrogens (tertiary/aromatic N) is 6. The van der Waals surface area contributed by atoms with Gasteiger partial charge in [-0.25, -0.2) is 13.6 Å². The van der Waals surface area contributed by atoms with Crippen LogP contribution in [0.1, 0.15) is 70.3 Å². The second kappa shape index (κ2) is 14.7. The summed E-state index contributed by atoms with van der Waals surface area (Å²) >= 11 is -1.89. The summed E-state index contributed by atoms with van der Waals surface area (Å²) in [6.07, 6.45) is 7.64. The van der Waals surface area contributed by atoms with Gasteiger partial charge in [0.05, 0.1) is 23.1 Å². The summed E-state index contributed by atoms with van der Waals surface area (Å²) in [5, 5.41) is 5.02. The molecule has 0 saturated carbocycles. The molecule has 2 unspecified atom stereocenters. The van der Waals surface area contributed by atoms with Gasteiger partial charge in [-0.2, -0.15) is 18.5 Å². The average molecular weight is 776 g/mol. The van der Waals surface area contributed by atoms with Crippen molar-refractivity contribution in [3.8, 4) is 23.0 Å². The first-order valence-electron chi connectivity index (χ1n) is 19.7. The Balaban J connectivity index is 1.18. The number of hydrogen-bond acceptors (Lipinski definition) is 10. The molecule has 6 bridgehead atoms. The number of amides is 1. The molecule has 4 fully saturated rings. The minimum absolute atomic E-state index is 0.0623. The van der Waals surface area contributed by atoms with E-state index in [0.29, 0.717) is 62.4 Å². The number of hydrogen-bond donors (Lipinski definition) is 1. The van der Waals surface area contributed by atoms with Crippen LogP contribution in [0.4, 0.5) is 19.4 Å². The van der Waals surface area contributed by atoms with E-state index in [1.807, 2.05) is 25.1 Å². The zero-order chi connectivity index (χ0) is 37.7. The highest BCUT2D eigenvalue weighted by molar-refractivity contribution is 7.78. The first kappa shape index (κ1) is 36.4. The van der Waals surface area contributed by atoms with Gasteiger partial charge in [-0.3, -0.25) is 9.88 Å². The highest BCUT2D eigenvalue weighted by atomic mass is 32.2. The summed E-state index contributed by atoms with van der Waals surface area (Å²) in [7, 11) is 0. The largest absolute Gasteiger partial charge is 0.461 e. The van der Waals surface area contributed by atoms with Gasteiger partial charge in [-0.1, -0.05) is 18.2 Å². The second-order valence-electron chi connectivity index (χ2n) is 16.1. The molecule has 2 aromatic carbocycles. The van der Waals surface area contributed by atoms with Gasteiger partial charge in [-0.05, 0) is 113 Å². The molecule has 6 aliphatic heterocycles. The Hall–Kier alpha value is -4.21. The number of carbonyl (C=O) groups is 1. The number of halogens is 2. The lowest BCUT2D eigenvalue weighted by Gasteiger charge is -2.41. The van der Waals surface area contributed by atoms with Gasteiger partial charge in [0.2, 0.25) is 0 Å². The number of anilines is 1. The van der Waals surface area contributed by atoms with Crippen molar-refractivity contribution in [1.82, 2.24) is 29.5 Å². The maximum atomic E-state index is 17.5. The second-order valence-corrected chi connectivity index (χ2v) is 17.2. The van der Waals surface area contributed by atoms with Gasteiger partial charge in [0.1, 0.15) is 35.6 Å². The lowest BCUT2D eigenvalue weighted by Crippen LogP contribution is -2.57. The van der Waals surface area contributed by atoms with Crippen LogP contribution in [-0.2, 0) is 22.4 Å². The van der Waals surface area contributed by atoms with Crippen molar-refractivity contribution in [1.29, 1.82) is 0 Å². The van der Waals surface area contributed by atoms with E-state index in [2.05, 4.69) is 15.1 Å². The van der Waals surface area contributed by atoms with Crippen molar-refractivity contribution in [2.24, 2.45) is 0 Å². The molecule has 10 rings (SSSR count). The molecule has 12 nitrogen and oxygen atoms in total. The Morgan fingerprint density at radius 3 is 2.65 bits per heavy atom. The summed E-state index contributed by atoms with van der Waals surface area (Å²) in [5.74, 6) is 0.128. The Kier molecular flexibility index (Phi) is 9.74. The molecule has 2 aromatic heterocycles. The van der Waals surface area contributed by atoms with Gasteiger partial charge in [0.25, 0.3) is 11.3 Å². The minimum Gasteiger partial charge on any atom is -0.461 e. The molecule has 15 heteroatoms. The molecule has 0 radical (unpaired) electrons. The smallest absolute Gasteiger partial charge is 0.407 e. The van der Waals surface area contributed by atoms with Crippen molar-refractivity contribution < 1.29 is 31.4 Å². The fourth-order valence-electron chi connectivity index (χ4n) is 9.44. The van der Waals surface area contributed by atoms with E-state index in [9.17, 15) is 13.4 Å². The van der Waals surface area contributed by atoms with E-state index >= 15 is 4.39 Å². The normalized spacial score (nSPS) is 24.1. The van der Waals surface area contributed by atoms with Crippen LogP contribution in [0.15, 0.2) is 36.5 Å². The van der Waals surface area contributed by atoms with Crippen molar-refractivity contribution >= 4 is 44.9 Å². The molecule has 1 amide bonds. The molecule has 2 atom stereocenters. The number of alkyl halides is 1. The zero-order valence-corrected chi connectivity index (χ0v) is 32.0. The highest BCUT2D eigenvalue weighted by Crippen LogP contribution is 2.42. The first-order valence-corrected chi connectivity index (χ1v) is 20.7. The topological polar surface area (TPSA) is 122 Å². The van der Waals surface area contributed by atoms with E-state index in [4.69, 9.17) is 28.6 Å². The predicted octanol–water partition coefficient (Wildman–Crippen LogP) is 6.41. The maximum absolute atomic E-state index is 17.5. The number of nitrogens with one attached hydrogen (secondary N) is 1. The third kappa shape index (κ3) is 7.07. The molecule has 8 heterocycles. The Morgan fingerprint density at radius 2 is 1.84 bits per heavy atom. The molecule has 1 N–H and O–H groups in total. The SMILES string of the molecule is CC12CCCN(C1)c1nc(OCC34CCCN3CCC4)nc3c(F)c(ncc13)-c1cc(OS(=O)N3CCC(F)CC3)cc3cccc(c13)CCCOC(=O)N2. The summed E-state index contributed by atoms with van der Waals surface area (Å²) in [4.78, 5) is 32.2. The molecule has 4 aromatic rings. The molecule has 0 aliphatic carbocycles. The molecule has 0 spiro atoms. The number of benzene rings is 2. The van der Waals surface area contributed by atoms with Crippen LogP contribution in [0.25, 0.3) is 32.9 Å². The summed E-state index contributed by atoms with van der Waals surface area (Å²) < 4.78 is 64.5. The zero-order valence-electron chi connectivity index (χ0n) is 31.2. The van der Waals surface area contributed by atoms with Crippen LogP contribution < -0.4 is 19.1 Å². The van der Waals surface area contributed by atoms with Crippen molar-refractivity contribution in [2.45, 2.75) is 88.4 Å². The number of piperidine rings is 2. The number of rotatable bonds is 6. The van der Waals surface area contributed by atoms with E-state index in [0.717, 1.165) is 68.0 Å². The van der Waals surface area contributed by atoms with Gasteiger partial charge >= 0.3 is 12.1 Å². The number of alkyl carbamates (subject to hydrolysis) is 1. The molecule has 6 aliphatic rings. The van der Waals surface area contributed by atoms with Crippen molar-refractivity contribution in [3.05, 3.63) is 47.9 Å². The predicted molar refractivity (Wildman–Crippen MR) is 206 cm³/mol. The van der Waals surface area contributed by atoms with E-state index in [-0.39, 0.29) is 48.0 Å². The van der Waals surface area contributed by atoms with Gasteiger partial charge in [0.15, 0.2) is 5.82 Å². The van der Waals surface area contributed by atoms with Crippen LogP contribution >= 0.6 is 0 Å². The van der Waals surface area contributed by atoms with Gasteiger partial charge < -0.3 is 23.9 Å². The number of fused-ring (bicyclic) bond motifs is 7. The van der Waals surface area contributed by atoms with Gasteiger partial charge in [-0.15, -0.1) is 0 Å². The van der Waals surface area contributed by atoms with Crippen LogP contribution in [0.2, 0.25) is 0 Å². The van der Waals surface area contributed by atoms with Crippen LogP contribution in [0, 0.1) is 5.82 Å². The molecule has 4 saturated heterocycles. The molecular weight excluding hydrogens is 729 g/mol. The third-order valence-electron chi connectivity index (χ3n) is 12.2. The molecule has 292 valence electrons. The standard InChI is InChI=1S/C40H47F2N7O5S/c1-39-12-4-15-47(24-39)36-31-23-43-34(33(42)35(31)44-37(45-36)53-25-40-13-5-16-48(40)17-6-14-40)30-22-29(54-55(51)49-18-10-28(41)11-19-49)21-27-8-2-7-26(32(27)30)9-3-20-52-38(50)46-39/h2,7-8,21-23,28H,3-6,9-20,24-25H2,1H3,(H,46,50). The monoisotopic (exact) mass is 775 g/mol. The summed E-state index contributed by atoms with van der Waals surface area (Å²) in [6, 6.07) is 9.32. The quantitative estimate of drug-likeness (QED) is 0.235. The fourth-order valence-corrected chi connectivity index (χ4v) is 10.3. The lowest BCUT2D eigenvalue weighted by atomic mass is 9.91. The Bertz CT molecular complexity index is 2140. The third-order valence-corrected chi connectivity index (χ3v) is 13.3. The van der Waals surface area contributed by atoms with Crippen LogP contribution in [-0.4, -0.2) is 104 Å². The highest BCUT2D eigenvalue weighted by Gasteiger charge is 2.45. The fraction of sp³-hybridized carbons (Fsp3) is 0.550. The van der Waals surface area contributed by atoms with E-state index in [1.54, 1.807) is 22.6 Å². The van der Waals surface area contributed by atoms with E-state index < -0.39 is 34.9 Å². The summed E-state index contributed by atoms with van der Waals surface area (Å²) in [5.41, 5.74) is 0.796. The maximum Gasteiger partial charge on any atom is 0.407 e. The van der Waals surface area contributed by atoms with Crippen molar-refractivity contribution in [2.75, 3.05) is 57.4 Å². The van der Waals surface area contributed by atoms with Crippen molar-refractivity contribution in [3.63, 3.8) is 0 Å². The molecular formula is C40H47F2N7O5S. The number of pyridine rings is 1. The summed E-state index contributed by atoms with van der Waals surface area (Å²) in [6.45, 7) is 6.35. The number of aryl methyl sites for hydroxylation is 1. The van der Waals surface area contributed by atoms with E-state index in [1.165, 1.54) is 0 Å². The lowest BCUT2D eigenvalue weighted by molar-refractivity contribution is 0.107. The minimum atomic E-state index is -1.89. The Labute approximate surface area is 321 Å². The van der Waals surface area contributed by atoms with Gasteiger partial charge in [0, 0.05) is 37.9 Å². The van der Waals surface area contributed by atoms with Crippen LogP contribution in [0.3, 0.4) is 0 Å². The number of aromatic nitrogens is 3. The first-order chi connectivity index (χ1) is 26.7. The Morgan fingerprint density at radius 1 is 1.04 bits per heavy atom. The average Bonchev–Trinajstić information content (AvgIpc) is 3.76. The number of carbonyl (C=O) groups excluding carboxylic acids is 1. The molecule has 55 heavy (non-hydrogen) atoms. The van der Waals surface area contributed by atoms with Crippen LogP contribution in [0.5, 0.6) is 11.8 Å². The number of ether oxygens (including phenoxy) is 2.